The van der Waals surface area contributed by atoms with Crippen molar-refractivity contribution in [3.05, 3.63) is 36.2 Å². The van der Waals surface area contributed by atoms with Crippen LogP contribution in [0.3, 0.4) is 0 Å². The third-order valence-electron chi connectivity index (χ3n) is 2.25. The number of nitrogens with zero attached hydrogens (tertiary/aromatic N) is 3. The van der Waals surface area contributed by atoms with Crippen LogP contribution in [0.25, 0.3) is 0 Å². The third-order valence-corrected chi connectivity index (χ3v) is 2.25. The molecular formula is C12H11N5O. The van der Waals surface area contributed by atoms with Crippen molar-refractivity contribution in [2.75, 3.05) is 18.2 Å². The molecule has 1 aromatic heterocycles. The van der Waals surface area contributed by atoms with Crippen LogP contribution in [0.2, 0.25) is 0 Å². The zero-order chi connectivity index (χ0) is 13.0. The van der Waals surface area contributed by atoms with E-state index in [0.29, 0.717) is 28.6 Å². The van der Waals surface area contributed by atoms with Gasteiger partial charge in [-0.15, -0.1) is 0 Å². The highest BCUT2D eigenvalue weighted by molar-refractivity contribution is 5.64. The fraction of sp³-hybridized carbons (Fsp3) is 0.0833. The topological polar surface area (TPSA) is 96.8 Å². The van der Waals surface area contributed by atoms with Crippen LogP contribution in [0.4, 0.5) is 17.3 Å². The summed E-state index contributed by atoms with van der Waals surface area (Å²) in [6, 6.07) is 7.10. The van der Waals surface area contributed by atoms with Gasteiger partial charge in [-0.1, -0.05) is 0 Å². The van der Waals surface area contributed by atoms with Crippen molar-refractivity contribution in [2.24, 2.45) is 0 Å². The van der Waals surface area contributed by atoms with E-state index in [9.17, 15) is 0 Å². The molecule has 6 heteroatoms. The number of nitrogens with one attached hydrogen (secondary N) is 1. The maximum atomic E-state index is 8.80. The summed E-state index contributed by atoms with van der Waals surface area (Å²) in [4.78, 5) is 8.05. The van der Waals surface area contributed by atoms with Crippen LogP contribution in [0.15, 0.2) is 30.6 Å². The summed E-state index contributed by atoms with van der Waals surface area (Å²) in [5, 5.41) is 11.8. The molecule has 6 nitrogen and oxygen atoms in total. The molecule has 0 radical (unpaired) electrons. The molecule has 0 saturated heterocycles. The molecule has 0 atom stereocenters. The van der Waals surface area contributed by atoms with Crippen LogP contribution in [0.1, 0.15) is 5.56 Å². The van der Waals surface area contributed by atoms with Gasteiger partial charge >= 0.3 is 0 Å². The predicted molar refractivity (Wildman–Crippen MR) is 67.4 cm³/mol. The first-order chi connectivity index (χ1) is 8.72. The number of nitrogens with two attached hydrogens (primary N) is 1. The zero-order valence-corrected chi connectivity index (χ0v) is 9.71. The number of rotatable bonds is 3. The number of hydrogen-bond acceptors (Lipinski definition) is 6. The van der Waals surface area contributed by atoms with E-state index in [1.807, 2.05) is 6.07 Å². The molecule has 0 aliphatic heterocycles. The first kappa shape index (κ1) is 11.7. The second kappa shape index (κ2) is 5.01. The maximum absolute atomic E-state index is 8.80. The highest BCUT2D eigenvalue weighted by Crippen LogP contribution is 2.27. The van der Waals surface area contributed by atoms with Gasteiger partial charge in [0.05, 0.1) is 42.5 Å². The molecule has 0 amide bonds. The van der Waals surface area contributed by atoms with E-state index >= 15 is 0 Å². The SMILES string of the molecule is COc1cc(C#N)ccc1Nc1ncc(N)cn1. The van der Waals surface area contributed by atoms with Crippen molar-refractivity contribution in [1.82, 2.24) is 9.97 Å². The Labute approximate surface area is 104 Å². The molecule has 0 bridgehead atoms. The number of nitrogen functional groups attached to an aromatic ring is 1. The Morgan fingerprint density at radius 1 is 1.33 bits per heavy atom. The molecule has 18 heavy (non-hydrogen) atoms. The van der Waals surface area contributed by atoms with Crippen molar-refractivity contribution in [3.8, 4) is 11.8 Å². The Morgan fingerprint density at radius 2 is 2.06 bits per heavy atom. The minimum Gasteiger partial charge on any atom is -0.495 e. The summed E-state index contributed by atoms with van der Waals surface area (Å²) in [5.74, 6) is 0.960. The number of methoxy groups -OCH3 is 1. The number of ether oxygens (including phenoxy) is 1. The fourth-order valence-corrected chi connectivity index (χ4v) is 1.39. The monoisotopic (exact) mass is 241 g/mol. The van der Waals surface area contributed by atoms with Crippen molar-refractivity contribution in [2.45, 2.75) is 0 Å². The summed E-state index contributed by atoms with van der Waals surface area (Å²) in [7, 11) is 1.53. The molecule has 0 aliphatic carbocycles. The lowest BCUT2D eigenvalue weighted by atomic mass is 10.2. The molecule has 0 saturated carbocycles. The van der Waals surface area contributed by atoms with Gasteiger partial charge in [0.25, 0.3) is 0 Å². The van der Waals surface area contributed by atoms with Gasteiger partial charge in [0.1, 0.15) is 5.75 Å². The molecule has 1 aromatic carbocycles. The second-order valence-electron chi connectivity index (χ2n) is 3.49. The highest BCUT2D eigenvalue weighted by atomic mass is 16.5. The molecule has 1 heterocycles. The maximum Gasteiger partial charge on any atom is 0.227 e. The molecule has 0 fully saturated rings. The zero-order valence-electron chi connectivity index (χ0n) is 9.71. The number of hydrogen-bond donors (Lipinski definition) is 2. The van der Waals surface area contributed by atoms with E-state index in [-0.39, 0.29) is 0 Å². The lowest BCUT2D eigenvalue weighted by Crippen LogP contribution is -2.00. The van der Waals surface area contributed by atoms with E-state index in [4.69, 9.17) is 15.7 Å². The van der Waals surface area contributed by atoms with Crippen LogP contribution >= 0.6 is 0 Å². The van der Waals surface area contributed by atoms with Crippen LogP contribution in [0, 0.1) is 11.3 Å². The average molecular weight is 241 g/mol. The quantitative estimate of drug-likeness (QED) is 0.848. The van der Waals surface area contributed by atoms with Gasteiger partial charge in [-0.2, -0.15) is 5.26 Å². The summed E-state index contributed by atoms with van der Waals surface area (Å²) < 4.78 is 5.19. The Hall–Kier alpha value is -2.81. The van der Waals surface area contributed by atoms with Crippen molar-refractivity contribution >= 4 is 17.3 Å². The van der Waals surface area contributed by atoms with Gasteiger partial charge < -0.3 is 15.8 Å². The Kier molecular flexibility index (Phi) is 3.25. The lowest BCUT2D eigenvalue weighted by molar-refractivity contribution is 0.416. The average Bonchev–Trinajstić information content (AvgIpc) is 2.41. The van der Waals surface area contributed by atoms with E-state index in [0.717, 1.165) is 0 Å². The van der Waals surface area contributed by atoms with Crippen molar-refractivity contribution < 1.29 is 4.74 Å². The first-order valence-electron chi connectivity index (χ1n) is 5.15. The van der Waals surface area contributed by atoms with Crippen LogP contribution in [-0.4, -0.2) is 17.1 Å². The predicted octanol–water partition coefficient (Wildman–Crippen LogP) is 1.68. The minimum absolute atomic E-state index is 0.409. The molecular weight excluding hydrogens is 230 g/mol. The van der Waals surface area contributed by atoms with Gasteiger partial charge in [0.2, 0.25) is 5.95 Å². The number of aromatic nitrogens is 2. The lowest BCUT2D eigenvalue weighted by Gasteiger charge is -2.09. The van der Waals surface area contributed by atoms with Gasteiger partial charge in [-0.25, -0.2) is 9.97 Å². The Morgan fingerprint density at radius 3 is 2.67 bits per heavy atom. The standard InChI is InChI=1S/C12H11N5O/c1-18-11-4-8(5-13)2-3-10(11)17-12-15-6-9(14)7-16-12/h2-4,6-7H,14H2,1H3,(H,15,16,17). The summed E-state index contributed by atoms with van der Waals surface area (Å²) in [5.41, 5.74) is 7.20. The number of benzene rings is 1. The molecule has 0 spiro atoms. The Bertz CT molecular complexity index is 588. The molecule has 0 aliphatic rings. The van der Waals surface area contributed by atoms with Gasteiger partial charge in [-0.3, -0.25) is 0 Å². The van der Waals surface area contributed by atoms with Crippen molar-refractivity contribution in [1.29, 1.82) is 5.26 Å². The molecule has 2 rings (SSSR count). The number of anilines is 3. The first-order valence-corrected chi connectivity index (χ1v) is 5.15. The smallest absolute Gasteiger partial charge is 0.227 e. The summed E-state index contributed by atoms with van der Waals surface area (Å²) >= 11 is 0. The molecule has 3 N–H and O–H groups in total. The van der Waals surface area contributed by atoms with E-state index in [1.54, 1.807) is 18.2 Å². The van der Waals surface area contributed by atoms with E-state index in [1.165, 1.54) is 19.5 Å². The third kappa shape index (κ3) is 2.47. The van der Waals surface area contributed by atoms with Crippen LogP contribution in [0.5, 0.6) is 5.75 Å². The van der Waals surface area contributed by atoms with Crippen LogP contribution < -0.4 is 15.8 Å². The normalized spacial score (nSPS) is 9.56. The Balaban J connectivity index is 2.29. The molecule has 2 aromatic rings. The number of nitriles is 1. The molecule has 0 unspecified atom stereocenters. The second-order valence-corrected chi connectivity index (χ2v) is 3.49. The molecule has 90 valence electrons. The van der Waals surface area contributed by atoms with E-state index in [2.05, 4.69) is 15.3 Å². The summed E-state index contributed by atoms with van der Waals surface area (Å²) in [6.07, 6.45) is 3.01. The minimum atomic E-state index is 0.409. The van der Waals surface area contributed by atoms with E-state index < -0.39 is 0 Å². The highest BCUT2D eigenvalue weighted by Gasteiger charge is 2.06. The summed E-state index contributed by atoms with van der Waals surface area (Å²) in [6.45, 7) is 0. The fourth-order valence-electron chi connectivity index (χ4n) is 1.39. The van der Waals surface area contributed by atoms with Crippen molar-refractivity contribution in [3.63, 3.8) is 0 Å². The van der Waals surface area contributed by atoms with Gasteiger partial charge in [-0.05, 0) is 12.1 Å². The van der Waals surface area contributed by atoms with Gasteiger partial charge in [0, 0.05) is 6.07 Å². The van der Waals surface area contributed by atoms with Crippen LogP contribution in [-0.2, 0) is 0 Å². The van der Waals surface area contributed by atoms with Gasteiger partial charge in [0.15, 0.2) is 0 Å². The largest absolute Gasteiger partial charge is 0.495 e.